The van der Waals surface area contributed by atoms with Crippen molar-refractivity contribution in [2.75, 3.05) is 6.54 Å². The van der Waals surface area contributed by atoms with Crippen LogP contribution < -0.4 is 5.32 Å². The van der Waals surface area contributed by atoms with Crippen LogP contribution in [0.15, 0.2) is 0 Å². The highest BCUT2D eigenvalue weighted by Crippen LogP contribution is 2.37. The van der Waals surface area contributed by atoms with Gasteiger partial charge in [-0.15, -0.1) is 0 Å². The van der Waals surface area contributed by atoms with Gasteiger partial charge < -0.3 is 5.32 Å². The van der Waals surface area contributed by atoms with Gasteiger partial charge in [-0.2, -0.15) is 18.4 Å². The van der Waals surface area contributed by atoms with E-state index < -0.39 is 12.1 Å². The highest BCUT2D eigenvalue weighted by molar-refractivity contribution is 4.81. The van der Waals surface area contributed by atoms with Crippen molar-refractivity contribution in [2.45, 2.75) is 44.3 Å². The molecule has 0 saturated heterocycles. The van der Waals surface area contributed by atoms with Gasteiger partial charge in [-0.3, -0.25) is 0 Å². The molecule has 0 spiro atoms. The van der Waals surface area contributed by atoms with Crippen molar-refractivity contribution in [3.63, 3.8) is 0 Å². The second-order valence-electron chi connectivity index (χ2n) is 3.95. The molecule has 2 nitrogen and oxygen atoms in total. The minimum Gasteiger partial charge on any atom is -0.313 e. The van der Waals surface area contributed by atoms with E-state index in [9.17, 15) is 13.2 Å². The van der Waals surface area contributed by atoms with E-state index in [1.54, 1.807) is 0 Å². The lowest BCUT2D eigenvalue weighted by Gasteiger charge is -2.30. The Balaban J connectivity index is 2.22. The quantitative estimate of drug-likeness (QED) is 0.742. The Kier molecular flexibility index (Phi) is 4.40. The first-order chi connectivity index (χ1) is 7.04. The highest BCUT2D eigenvalue weighted by atomic mass is 19.4. The zero-order chi connectivity index (χ0) is 11.3. The Bertz CT molecular complexity index is 224. The Hall–Kier alpha value is -0.760. The molecule has 5 heteroatoms. The van der Waals surface area contributed by atoms with Crippen LogP contribution in [0.3, 0.4) is 0 Å². The Morgan fingerprint density at radius 2 is 1.80 bits per heavy atom. The molecule has 86 valence electrons. The third kappa shape index (κ3) is 4.08. The summed E-state index contributed by atoms with van der Waals surface area (Å²) in [6, 6.07) is 2.16. The van der Waals surface area contributed by atoms with E-state index in [0.29, 0.717) is 25.8 Å². The molecule has 0 heterocycles. The van der Waals surface area contributed by atoms with Crippen LogP contribution in [0.5, 0.6) is 0 Å². The van der Waals surface area contributed by atoms with E-state index in [2.05, 4.69) is 5.32 Å². The van der Waals surface area contributed by atoms with Crippen molar-refractivity contribution in [3.8, 4) is 6.07 Å². The van der Waals surface area contributed by atoms with Crippen LogP contribution in [0, 0.1) is 17.2 Å². The SMILES string of the molecule is N#CCCNC1CCC(C(F)(F)F)CC1. The average molecular weight is 220 g/mol. The monoisotopic (exact) mass is 220 g/mol. The molecule has 0 aromatic heterocycles. The van der Waals surface area contributed by atoms with E-state index >= 15 is 0 Å². The molecule has 1 N–H and O–H groups in total. The molecule has 1 fully saturated rings. The molecular weight excluding hydrogens is 205 g/mol. The van der Waals surface area contributed by atoms with Crippen LogP contribution in [0.1, 0.15) is 32.1 Å². The minimum atomic E-state index is -4.03. The molecule has 0 atom stereocenters. The second-order valence-corrected chi connectivity index (χ2v) is 3.95. The fraction of sp³-hybridized carbons (Fsp3) is 0.900. The standard InChI is InChI=1S/C10H15F3N2/c11-10(12,13)8-2-4-9(5-3-8)15-7-1-6-14/h8-9,15H,1-5,7H2. The molecular formula is C10H15F3N2. The minimum absolute atomic E-state index is 0.164. The maximum Gasteiger partial charge on any atom is 0.391 e. The third-order valence-electron chi connectivity index (χ3n) is 2.86. The van der Waals surface area contributed by atoms with Gasteiger partial charge in [-0.1, -0.05) is 0 Å². The van der Waals surface area contributed by atoms with Gasteiger partial charge in [0.1, 0.15) is 0 Å². The number of hydrogen-bond donors (Lipinski definition) is 1. The van der Waals surface area contributed by atoms with Gasteiger partial charge in [0.25, 0.3) is 0 Å². The van der Waals surface area contributed by atoms with Gasteiger partial charge in [0.05, 0.1) is 12.0 Å². The van der Waals surface area contributed by atoms with Crippen molar-refractivity contribution in [2.24, 2.45) is 5.92 Å². The molecule has 0 aliphatic heterocycles. The molecule has 0 aromatic rings. The lowest BCUT2D eigenvalue weighted by Crippen LogP contribution is -2.37. The molecule has 1 aliphatic carbocycles. The van der Waals surface area contributed by atoms with E-state index in [1.165, 1.54) is 0 Å². The van der Waals surface area contributed by atoms with Crippen LogP contribution in [-0.4, -0.2) is 18.8 Å². The van der Waals surface area contributed by atoms with Gasteiger partial charge in [-0.05, 0) is 25.7 Å². The summed E-state index contributed by atoms with van der Waals surface area (Å²) in [7, 11) is 0. The molecule has 1 aliphatic rings. The van der Waals surface area contributed by atoms with Crippen molar-refractivity contribution < 1.29 is 13.2 Å². The Morgan fingerprint density at radius 3 is 2.27 bits per heavy atom. The predicted octanol–water partition coefficient (Wildman–Crippen LogP) is 2.61. The number of hydrogen-bond acceptors (Lipinski definition) is 2. The highest BCUT2D eigenvalue weighted by Gasteiger charge is 2.41. The number of alkyl halides is 3. The zero-order valence-corrected chi connectivity index (χ0v) is 8.48. The van der Waals surface area contributed by atoms with E-state index in [-0.39, 0.29) is 18.9 Å². The van der Waals surface area contributed by atoms with Crippen molar-refractivity contribution in [1.29, 1.82) is 5.26 Å². The topological polar surface area (TPSA) is 35.8 Å². The number of halogens is 3. The van der Waals surface area contributed by atoms with Crippen molar-refractivity contribution in [3.05, 3.63) is 0 Å². The first kappa shape index (κ1) is 12.3. The molecule has 15 heavy (non-hydrogen) atoms. The van der Waals surface area contributed by atoms with Gasteiger partial charge in [-0.25, -0.2) is 0 Å². The lowest BCUT2D eigenvalue weighted by molar-refractivity contribution is -0.182. The lowest BCUT2D eigenvalue weighted by atomic mass is 9.85. The molecule has 1 saturated carbocycles. The van der Waals surface area contributed by atoms with Crippen molar-refractivity contribution in [1.82, 2.24) is 5.32 Å². The summed E-state index contributed by atoms with van der Waals surface area (Å²) >= 11 is 0. The summed E-state index contributed by atoms with van der Waals surface area (Å²) in [5, 5.41) is 11.4. The normalized spacial score (nSPS) is 27.3. The van der Waals surface area contributed by atoms with Gasteiger partial charge >= 0.3 is 6.18 Å². The summed E-state index contributed by atoms with van der Waals surface area (Å²) < 4.78 is 36.9. The van der Waals surface area contributed by atoms with Crippen LogP contribution in [0.4, 0.5) is 13.2 Å². The molecule has 0 bridgehead atoms. The molecule has 0 amide bonds. The average Bonchev–Trinajstić information content (AvgIpc) is 2.18. The summed E-state index contributed by atoms with van der Waals surface area (Å²) in [5.74, 6) is -1.12. The number of nitrogens with one attached hydrogen (secondary N) is 1. The Morgan fingerprint density at radius 1 is 1.20 bits per heavy atom. The summed E-state index contributed by atoms with van der Waals surface area (Å²) in [5.41, 5.74) is 0. The van der Waals surface area contributed by atoms with Crippen LogP contribution >= 0.6 is 0 Å². The zero-order valence-electron chi connectivity index (χ0n) is 8.48. The summed E-state index contributed by atoms with van der Waals surface area (Å²) in [6.07, 6.45) is -2.05. The smallest absolute Gasteiger partial charge is 0.313 e. The fourth-order valence-electron chi connectivity index (χ4n) is 1.96. The maximum absolute atomic E-state index is 12.3. The predicted molar refractivity (Wildman–Crippen MR) is 50.0 cm³/mol. The number of nitrogens with zero attached hydrogens (tertiary/aromatic N) is 1. The molecule has 1 rings (SSSR count). The summed E-state index contributed by atoms with van der Waals surface area (Å²) in [4.78, 5) is 0. The number of rotatable bonds is 3. The first-order valence-electron chi connectivity index (χ1n) is 5.21. The van der Waals surface area contributed by atoms with Crippen molar-refractivity contribution >= 4 is 0 Å². The van der Waals surface area contributed by atoms with Crippen LogP contribution in [0.25, 0.3) is 0 Å². The van der Waals surface area contributed by atoms with E-state index in [0.717, 1.165) is 0 Å². The Labute approximate surface area is 87.5 Å². The van der Waals surface area contributed by atoms with Gasteiger partial charge in [0, 0.05) is 19.0 Å². The third-order valence-corrected chi connectivity index (χ3v) is 2.86. The maximum atomic E-state index is 12.3. The molecule has 0 aromatic carbocycles. The van der Waals surface area contributed by atoms with Gasteiger partial charge in [0.15, 0.2) is 0 Å². The van der Waals surface area contributed by atoms with Crippen LogP contribution in [-0.2, 0) is 0 Å². The van der Waals surface area contributed by atoms with E-state index in [1.807, 2.05) is 6.07 Å². The summed E-state index contributed by atoms with van der Waals surface area (Å²) in [6.45, 7) is 0.581. The largest absolute Gasteiger partial charge is 0.391 e. The van der Waals surface area contributed by atoms with Gasteiger partial charge in [0.2, 0.25) is 0 Å². The first-order valence-corrected chi connectivity index (χ1v) is 5.21. The molecule has 0 unspecified atom stereocenters. The molecule has 0 radical (unpaired) electrons. The number of nitriles is 1. The second kappa shape index (κ2) is 5.36. The van der Waals surface area contributed by atoms with Crippen LogP contribution in [0.2, 0.25) is 0 Å². The van der Waals surface area contributed by atoms with E-state index in [4.69, 9.17) is 5.26 Å². The fourth-order valence-corrected chi connectivity index (χ4v) is 1.96.